The van der Waals surface area contributed by atoms with Crippen LogP contribution in [0.15, 0.2) is 48.8 Å². The van der Waals surface area contributed by atoms with Gasteiger partial charge in [0.2, 0.25) is 0 Å². The van der Waals surface area contributed by atoms with E-state index < -0.39 is 17.6 Å². The van der Waals surface area contributed by atoms with Crippen LogP contribution in [0.1, 0.15) is 42.4 Å². The van der Waals surface area contributed by atoms with Gasteiger partial charge >= 0.3 is 6.09 Å². The third-order valence-electron chi connectivity index (χ3n) is 8.70. The van der Waals surface area contributed by atoms with Crippen molar-refractivity contribution < 1.29 is 23.8 Å². The van der Waals surface area contributed by atoms with E-state index in [1.807, 2.05) is 18.2 Å². The van der Waals surface area contributed by atoms with Gasteiger partial charge < -0.3 is 30.2 Å². The standard InChI is InChI=1S/C35H44N12O5/c1-35(2,3)52-34(49)47(29-19-38-43-31(29)33(48)41-25-6-4-22(16-24(25)36)20-45-8-12-50-13-9-45)44-28-18-37-42-30(28)32-39-26-7-5-23(17-27(26)40-32)21-46-10-14-51-15-11-46/h4-7,16-19,44H,8-15,20-21,36H2,1-3H3,(H,37,42)(H,38,43)(H,39,40)(H,41,48). The summed E-state index contributed by atoms with van der Waals surface area (Å²) in [6, 6.07) is 11.7. The number of amides is 2. The number of ether oxygens (including phenoxy) is 3. The smallest absolute Gasteiger partial charge is 0.434 e. The second kappa shape index (κ2) is 15.0. The number of rotatable bonds is 10. The maximum absolute atomic E-state index is 13.7. The van der Waals surface area contributed by atoms with Gasteiger partial charge in [-0.3, -0.25) is 30.2 Å². The fourth-order valence-corrected chi connectivity index (χ4v) is 6.12. The average Bonchev–Trinajstić information content (AvgIpc) is 3.88. The van der Waals surface area contributed by atoms with Gasteiger partial charge in [-0.15, -0.1) is 0 Å². The van der Waals surface area contributed by atoms with Crippen LogP contribution in [-0.4, -0.2) is 110 Å². The number of imidazole rings is 1. The number of carbonyl (C=O) groups excluding carboxylic acids is 2. The summed E-state index contributed by atoms with van der Waals surface area (Å²) in [5.41, 5.74) is 14.2. The van der Waals surface area contributed by atoms with Crippen molar-refractivity contribution in [3.05, 3.63) is 65.6 Å². The fraction of sp³-hybridized carbons (Fsp3) is 0.400. The van der Waals surface area contributed by atoms with Crippen molar-refractivity contribution in [2.24, 2.45) is 0 Å². The maximum atomic E-state index is 13.7. The van der Waals surface area contributed by atoms with Gasteiger partial charge in [-0.2, -0.15) is 15.2 Å². The van der Waals surface area contributed by atoms with Crippen LogP contribution < -0.4 is 21.5 Å². The fourth-order valence-electron chi connectivity index (χ4n) is 6.12. The number of aromatic nitrogens is 6. The third kappa shape index (κ3) is 8.18. The van der Waals surface area contributed by atoms with Gasteiger partial charge in [-0.05, 0) is 56.2 Å². The number of benzene rings is 2. The summed E-state index contributed by atoms with van der Waals surface area (Å²) in [7, 11) is 0. The van der Waals surface area contributed by atoms with Crippen molar-refractivity contribution in [3.63, 3.8) is 0 Å². The Kier molecular flexibility index (Phi) is 10.1. The predicted octanol–water partition coefficient (Wildman–Crippen LogP) is 3.94. The van der Waals surface area contributed by atoms with Crippen LogP contribution in [0.3, 0.4) is 0 Å². The molecule has 2 amide bonds. The van der Waals surface area contributed by atoms with Crippen LogP contribution in [0.25, 0.3) is 22.6 Å². The summed E-state index contributed by atoms with van der Waals surface area (Å²) < 4.78 is 16.7. The largest absolute Gasteiger partial charge is 0.442 e. The van der Waals surface area contributed by atoms with Crippen molar-refractivity contribution in [2.75, 3.05) is 74.1 Å². The lowest BCUT2D eigenvalue weighted by Crippen LogP contribution is -2.41. The highest BCUT2D eigenvalue weighted by Crippen LogP contribution is 2.30. The Bertz CT molecular complexity index is 2020. The van der Waals surface area contributed by atoms with E-state index in [1.165, 1.54) is 12.4 Å². The normalized spacial score (nSPS) is 15.8. The van der Waals surface area contributed by atoms with Gasteiger partial charge in [0.05, 0.1) is 61.2 Å². The Morgan fingerprint density at radius 3 is 2.23 bits per heavy atom. The molecule has 2 aromatic carbocycles. The van der Waals surface area contributed by atoms with Crippen molar-refractivity contribution in [1.29, 1.82) is 0 Å². The molecule has 274 valence electrons. The first kappa shape index (κ1) is 34.9. The number of hydrazine groups is 1. The van der Waals surface area contributed by atoms with Crippen LogP contribution >= 0.6 is 0 Å². The number of nitrogen functional groups attached to an aromatic ring is 1. The van der Waals surface area contributed by atoms with Gasteiger partial charge in [0.25, 0.3) is 5.91 Å². The number of hydrogen-bond acceptors (Lipinski definition) is 12. The van der Waals surface area contributed by atoms with E-state index in [4.69, 9.17) is 24.9 Å². The lowest BCUT2D eigenvalue weighted by molar-refractivity contribution is 0.0341. The van der Waals surface area contributed by atoms with E-state index in [0.29, 0.717) is 41.8 Å². The van der Waals surface area contributed by atoms with Crippen molar-refractivity contribution in [2.45, 2.75) is 39.5 Å². The molecule has 7 N–H and O–H groups in total. The van der Waals surface area contributed by atoms with E-state index >= 15 is 0 Å². The molecule has 17 nitrogen and oxygen atoms in total. The highest BCUT2D eigenvalue weighted by Gasteiger charge is 2.30. The molecule has 0 spiro atoms. The lowest BCUT2D eigenvalue weighted by atomic mass is 10.1. The first-order valence-electron chi connectivity index (χ1n) is 17.2. The van der Waals surface area contributed by atoms with Crippen LogP contribution in [-0.2, 0) is 27.3 Å². The molecule has 0 bridgehead atoms. The summed E-state index contributed by atoms with van der Waals surface area (Å²) in [6.45, 7) is 13.1. The number of H-pyrrole nitrogens is 3. The zero-order valence-corrected chi connectivity index (χ0v) is 29.5. The van der Waals surface area contributed by atoms with E-state index in [9.17, 15) is 9.59 Å². The maximum Gasteiger partial charge on any atom is 0.434 e. The number of nitrogens with zero attached hydrogens (tertiary/aromatic N) is 6. The summed E-state index contributed by atoms with van der Waals surface area (Å²) in [6.07, 6.45) is 2.10. The molecule has 2 aliphatic heterocycles. The molecule has 7 rings (SSSR count). The average molecular weight is 713 g/mol. The number of aromatic amines is 3. The summed E-state index contributed by atoms with van der Waals surface area (Å²) in [5.74, 6) is -0.0616. The summed E-state index contributed by atoms with van der Waals surface area (Å²) in [4.78, 5) is 40.2. The first-order valence-corrected chi connectivity index (χ1v) is 17.2. The minimum Gasteiger partial charge on any atom is -0.442 e. The molecular formula is C35H44N12O5. The van der Waals surface area contributed by atoms with Gasteiger partial charge in [-0.1, -0.05) is 12.1 Å². The monoisotopic (exact) mass is 712 g/mol. The second-order valence-electron chi connectivity index (χ2n) is 13.8. The molecule has 52 heavy (non-hydrogen) atoms. The van der Waals surface area contributed by atoms with Gasteiger partial charge in [0.15, 0.2) is 5.82 Å². The Balaban J connectivity index is 1.11. The van der Waals surface area contributed by atoms with Gasteiger partial charge in [0, 0.05) is 39.3 Å². The highest BCUT2D eigenvalue weighted by atomic mass is 16.6. The Morgan fingerprint density at radius 1 is 0.904 bits per heavy atom. The molecule has 3 aromatic heterocycles. The van der Waals surface area contributed by atoms with E-state index in [1.54, 1.807) is 26.8 Å². The molecule has 2 aliphatic rings. The zero-order valence-electron chi connectivity index (χ0n) is 29.5. The Hall–Kier alpha value is -5.49. The highest BCUT2D eigenvalue weighted by molar-refractivity contribution is 6.10. The van der Waals surface area contributed by atoms with Crippen molar-refractivity contribution >= 4 is 45.8 Å². The second-order valence-corrected chi connectivity index (χ2v) is 13.8. The van der Waals surface area contributed by atoms with Crippen molar-refractivity contribution in [1.82, 2.24) is 40.2 Å². The number of morpholine rings is 2. The number of hydrogen-bond donors (Lipinski definition) is 6. The van der Waals surface area contributed by atoms with E-state index in [-0.39, 0.29) is 11.4 Å². The molecule has 0 saturated carbocycles. The topological polar surface area (TPSA) is 208 Å². The SMILES string of the molecule is CC(C)(C)OC(=O)N(Nc1cn[nH]c1-c1nc2ccc(CN3CCOCC3)cc2[nH]1)c1cn[nH]c1C(=O)Nc1ccc(CN2CCOCC2)cc1N. The lowest BCUT2D eigenvalue weighted by Gasteiger charge is -2.27. The molecule has 0 aliphatic carbocycles. The van der Waals surface area contributed by atoms with Crippen LogP contribution in [0.4, 0.5) is 27.5 Å². The molecule has 2 fully saturated rings. The first-order chi connectivity index (χ1) is 25.1. The number of fused-ring (bicyclic) bond motifs is 1. The molecule has 5 aromatic rings. The predicted molar refractivity (Wildman–Crippen MR) is 196 cm³/mol. The van der Waals surface area contributed by atoms with E-state index in [2.05, 4.69) is 58.1 Å². The Morgan fingerprint density at radius 2 is 1.56 bits per heavy atom. The molecule has 5 heterocycles. The molecular weight excluding hydrogens is 668 g/mol. The number of nitrogens with two attached hydrogens (primary N) is 1. The third-order valence-corrected chi connectivity index (χ3v) is 8.70. The van der Waals surface area contributed by atoms with E-state index in [0.717, 1.165) is 79.7 Å². The molecule has 2 saturated heterocycles. The molecule has 17 heteroatoms. The summed E-state index contributed by atoms with van der Waals surface area (Å²) in [5, 5.41) is 18.0. The van der Waals surface area contributed by atoms with Crippen LogP contribution in [0, 0.1) is 0 Å². The quantitative estimate of drug-likeness (QED) is 0.0899. The molecule has 0 atom stereocenters. The minimum absolute atomic E-state index is 0.00303. The Labute approximate surface area is 300 Å². The number of nitrogens with one attached hydrogen (secondary N) is 5. The zero-order chi connectivity index (χ0) is 36.2. The van der Waals surface area contributed by atoms with Crippen LogP contribution in [0.2, 0.25) is 0 Å². The van der Waals surface area contributed by atoms with Gasteiger partial charge in [0.1, 0.15) is 28.4 Å². The number of anilines is 4. The minimum atomic E-state index is -0.850. The summed E-state index contributed by atoms with van der Waals surface area (Å²) >= 11 is 0. The van der Waals surface area contributed by atoms with Gasteiger partial charge in [-0.25, -0.2) is 9.78 Å². The molecule has 0 radical (unpaired) electrons. The molecule has 0 unspecified atom stereocenters. The van der Waals surface area contributed by atoms with Crippen LogP contribution in [0.5, 0.6) is 0 Å². The number of carbonyl (C=O) groups is 2. The van der Waals surface area contributed by atoms with Crippen molar-refractivity contribution in [3.8, 4) is 11.5 Å².